The molecule has 3 rings (SSSR count). The molecule has 0 spiro atoms. The van der Waals surface area contributed by atoms with Crippen LogP contribution in [-0.4, -0.2) is 47.5 Å². The number of fused-ring (bicyclic) bond motifs is 1. The van der Waals surface area contributed by atoms with Crippen LogP contribution in [0.15, 0.2) is 42.9 Å². The number of benzene rings is 1. The van der Waals surface area contributed by atoms with Crippen LogP contribution in [0.2, 0.25) is 0 Å². The van der Waals surface area contributed by atoms with Crippen molar-refractivity contribution in [1.29, 1.82) is 0 Å². The zero-order valence-corrected chi connectivity index (χ0v) is 13.8. The highest BCUT2D eigenvalue weighted by atomic mass is 16.5. The maximum absolute atomic E-state index is 12.3. The Morgan fingerprint density at radius 3 is 2.92 bits per heavy atom. The third-order valence-corrected chi connectivity index (χ3v) is 3.69. The van der Waals surface area contributed by atoms with Crippen molar-refractivity contribution in [3.63, 3.8) is 0 Å². The van der Waals surface area contributed by atoms with Crippen molar-refractivity contribution in [3.05, 3.63) is 42.9 Å². The molecule has 0 radical (unpaired) electrons. The molecule has 0 fully saturated rings. The number of hydrogen-bond donors (Lipinski definition) is 2. The highest BCUT2D eigenvalue weighted by Crippen LogP contribution is 2.33. The Bertz CT molecular complexity index is 753. The third kappa shape index (κ3) is 4.03. The van der Waals surface area contributed by atoms with E-state index in [1.165, 1.54) is 4.90 Å². The fraction of sp³-hybridized carbons (Fsp3) is 0.294. The van der Waals surface area contributed by atoms with Gasteiger partial charge in [-0.15, -0.1) is 0 Å². The van der Waals surface area contributed by atoms with E-state index >= 15 is 0 Å². The second-order valence-electron chi connectivity index (χ2n) is 5.52. The Kier molecular flexibility index (Phi) is 5.08. The molecule has 0 bridgehead atoms. The van der Waals surface area contributed by atoms with Gasteiger partial charge in [-0.05, 0) is 19.1 Å². The van der Waals surface area contributed by atoms with Crippen LogP contribution in [0.1, 0.15) is 6.92 Å². The molecule has 2 amide bonds. The van der Waals surface area contributed by atoms with Gasteiger partial charge in [0.2, 0.25) is 5.91 Å². The SMILES string of the molecule is C[C@H]1Oc2ccccc2N(CC(=O)NCCNc2cnccn2)C1=O. The van der Waals surface area contributed by atoms with Gasteiger partial charge in [-0.2, -0.15) is 0 Å². The number of anilines is 2. The maximum atomic E-state index is 12.3. The van der Waals surface area contributed by atoms with E-state index in [2.05, 4.69) is 20.6 Å². The minimum atomic E-state index is -0.610. The van der Waals surface area contributed by atoms with Crippen molar-refractivity contribution in [2.24, 2.45) is 0 Å². The summed E-state index contributed by atoms with van der Waals surface area (Å²) in [5, 5.41) is 5.83. The van der Waals surface area contributed by atoms with Crippen LogP contribution in [0.5, 0.6) is 5.75 Å². The minimum absolute atomic E-state index is 0.0469. The molecule has 1 aliphatic heterocycles. The van der Waals surface area contributed by atoms with Gasteiger partial charge in [-0.3, -0.25) is 19.5 Å². The van der Waals surface area contributed by atoms with Crippen LogP contribution in [0.4, 0.5) is 11.5 Å². The summed E-state index contributed by atoms with van der Waals surface area (Å²) in [4.78, 5) is 34.0. The van der Waals surface area contributed by atoms with Gasteiger partial charge in [0.15, 0.2) is 6.10 Å². The third-order valence-electron chi connectivity index (χ3n) is 3.69. The van der Waals surface area contributed by atoms with Gasteiger partial charge in [0.05, 0.1) is 11.9 Å². The predicted molar refractivity (Wildman–Crippen MR) is 92.4 cm³/mol. The van der Waals surface area contributed by atoms with Crippen molar-refractivity contribution < 1.29 is 14.3 Å². The Labute approximate surface area is 145 Å². The molecule has 2 aromatic rings. The van der Waals surface area contributed by atoms with Crippen LogP contribution in [0.3, 0.4) is 0 Å². The molecule has 0 aliphatic carbocycles. The van der Waals surface area contributed by atoms with Crippen LogP contribution in [-0.2, 0) is 9.59 Å². The second-order valence-corrected chi connectivity index (χ2v) is 5.52. The van der Waals surface area contributed by atoms with Gasteiger partial charge in [0, 0.05) is 25.5 Å². The Morgan fingerprint density at radius 2 is 2.12 bits per heavy atom. The fourth-order valence-corrected chi connectivity index (χ4v) is 2.50. The van der Waals surface area contributed by atoms with E-state index in [1.807, 2.05) is 6.07 Å². The topological polar surface area (TPSA) is 96.5 Å². The summed E-state index contributed by atoms with van der Waals surface area (Å²) in [6.45, 7) is 2.54. The van der Waals surface area contributed by atoms with Crippen LogP contribution >= 0.6 is 0 Å². The highest BCUT2D eigenvalue weighted by Gasteiger charge is 2.32. The lowest BCUT2D eigenvalue weighted by atomic mass is 10.2. The van der Waals surface area contributed by atoms with E-state index in [1.54, 1.807) is 43.7 Å². The van der Waals surface area contributed by atoms with Crippen LogP contribution in [0, 0.1) is 0 Å². The van der Waals surface area contributed by atoms with Crippen molar-refractivity contribution in [1.82, 2.24) is 15.3 Å². The molecule has 2 N–H and O–H groups in total. The lowest BCUT2D eigenvalue weighted by molar-refractivity contribution is -0.128. The predicted octanol–water partition coefficient (Wildman–Crippen LogP) is 0.819. The van der Waals surface area contributed by atoms with E-state index in [0.717, 1.165) is 0 Å². The van der Waals surface area contributed by atoms with Crippen LogP contribution < -0.4 is 20.3 Å². The molecule has 0 saturated heterocycles. The molecule has 1 atom stereocenters. The first-order valence-corrected chi connectivity index (χ1v) is 7.99. The lowest BCUT2D eigenvalue weighted by Gasteiger charge is -2.32. The second kappa shape index (κ2) is 7.61. The molecule has 0 saturated carbocycles. The molecule has 1 aliphatic rings. The molecule has 2 heterocycles. The molecule has 130 valence electrons. The smallest absolute Gasteiger partial charge is 0.268 e. The van der Waals surface area contributed by atoms with Gasteiger partial charge < -0.3 is 15.4 Å². The Hall–Kier alpha value is -3.16. The molecule has 8 heteroatoms. The maximum Gasteiger partial charge on any atom is 0.268 e. The van der Waals surface area contributed by atoms with Crippen molar-refractivity contribution in [3.8, 4) is 5.75 Å². The van der Waals surface area contributed by atoms with E-state index in [4.69, 9.17) is 4.74 Å². The highest BCUT2D eigenvalue weighted by molar-refractivity contribution is 6.03. The summed E-state index contributed by atoms with van der Waals surface area (Å²) in [6.07, 6.45) is 4.17. The Morgan fingerprint density at radius 1 is 1.28 bits per heavy atom. The number of aromatic nitrogens is 2. The number of nitrogens with one attached hydrogen (secondary N) is 2. The molecule has 1 aromatic carbocycles. The number of carbonyl (C=O) groups is 2. The minimum Gasteiger partial charge on any atom is -0.479 e. The van der Waals surface area contributed by atoms with Gasteiger partial charge >= 0.3 is 0 Å². The zero-order chi connectivity index (χ0) is 17.6. The first kappa shape index (κ1) is 16.7. The number of para-hydroxylation sites is 2. The molecule has 8 nitrogen and oxygen atoms in total. The van der Waals surface area contributed by atoms with E-state index in [0.29, 0.717) is 30.3 Å². The first-order valence-electron chi connectivity index (χ1n) is 7.99. The molecular weight excluding hydrogens is 322 g/mol. The molecule has 0 unspecified atom stereocenters. The number of nitrogens with zero attached hydrogens (tertiary/aromatic N) is 3. The summed E-state index contributed by atoms with van der Waals surface area (Å²) < 4.78 is 5.56. The molecule has 1 aromatic heterocycles. The van der Waals surface area contributed by atoms with Gasteiger partial charge in [-0.25, -0.2) is 4.98 Å². The van der Waals surface area contributed by atoms with Gasteiger partial charge in [-0.1, -0.05) is 12.1 Å². The average molecular weight is 341 g/mol. The van der Waals surface area contributed by atoms with E-state index in [9.17, 15) is 9.59 Å². The summed E-state index contributed by atoms with van der Waals surface area (Å²) in [5.41, 5.74) is 0.610. The zero-order valence-electron chi connectivity index (χ0n) is 13.8. The van der Waals surface area contributed by atoms with Crippen molar-refractivity contribution >= 4 is 23.3 Å². The average Bonchev–Trinajstić information content (AvgIpc) is 2.63. The van der Waals surface area contributed by atoms with Crippen molar-refractivity contribution in [2.75, 3.05) is 29.9 Å². The lowest BCUT2D eigenvalue weighted by Crippen LogP contribution is -2.49. The molecular formula is C17H19N5O3. The Balaban J connectivity index is 1.53. The summed E-state index contributed by atoms with van der Waals surface area (Å²) >= 11 is 0. The molecule has 25 heavy (non-hydrogen) atoms. The monoisotopic (exact) mass is 341 g/mol. The normalized spacial score (nSPS) is 16.0. The van der Waals surface area contributed by atoms with Gasteiger partial charge in [0.25, 0.3) is 5.91 Å². The van der Waals surface area contributed by atoms with Crippen LogP contribution in [0.25, 0.3) is 0 Å². The first-order chi connectivity index (χ1) is 12.1. The quantitative estimate of drug-likeness (QED) is 0.755. The summed E-state index contributed by atoms with van der Waals surface area (Å²) in [7, 11) is 0. The summed E-state index contributed by atoms with van der Waals surface area (Å²) in [5.74, 6) is 0.777. The number of rotatable bonds is 6. The van der Waals surface area contributed by atoms with Crippen molar-refractivity contribution in [2.45, 2.75) is 13.0 Å². The number of ether oxygens (including phenoxy) is 1. The van der Waals surface area contributed by atoms with E-state index < -0.39 is 6.10 Å². The van der Waals surface area contributed by atoms with E-state index in [-0.39, 0.29) is 18.4 Å². The number of amides is 2. The summed E-state index contributed by atoms with van der Waals surface area (Å²) in [6, 6.07) is 7.19. The van der Waals surface area contributed by atoms with Gasteiger partial charge in [0.1, 0.15) is 18.1 Å². The fourth-order valence-electron chi connectivity index (χ4n) is 2.50. The number of hydrogen-bond acceptors (Lipinski definition) is 6. The number of carbonyl (C=O) groups excluding carboxylic acids is 2. The largest absolute Gasteiger partial charge is 0.479 e. The standard InChI is InChI=1S/C17H19N5O3/c1-12-17(24)22(13-4-2-3-5-14(13)25-12)11-16(23)21-9-8-20-15-10-18-6-7-19-15/h2-7,10,12H,8-9,11H2,1H3,(H,19,20)(H,21,23)/t12-/m1/s1.